The number of nitrogens with one attached hydrogen (secondary N) is 2. The molecule has 24 heavy (non-hydrogen) atoms. The number of aryl methyl sites for hydroxylation is 1. The van der Waals surface area contributed by atoms with E-state index in [0.29, 0.717) is 16.6 Å². The summed E-state index contributed by atoms with van der Waals surface area (Å²) in [5.41, 5.74) is 2.33. The van der Waals surface area contributed by atoms with E-state index in [1.807, 2.05) is 25.1 Å². The van der Waals surface area contributed by atoms with Gasteiger partial charge in [-0.05, 0) is 44.9 Å². The fourth-order valence-corrected chi connectivity index (χ4v) is 3.47. The van der Waals surface area contributed by atoms with E-state index >= 15 is 0 Å². The van der Waals surface area contributed by atoms with Gasteiger partial charge in [0.05, 0.1) is 11.4 Å². The van der Waals surface area contributed by atoms with E-state index in [4.69, 9.17) is 4.74 Å². The zero-order valence-corrected chi connectivity index (χ0v) is 14.2. The Morgan fingerprint density at radius 3 is 2.96 bits per heavy atom. The number of carbonyl (C=O) groups excluding carboxylic acids is 2. The van der Waals surface area contributed by atoms with E-state index in [2.05, 4.69) is 15.6 Å². The quantitative estimate of drug-likeness (QED) is 0.897. The molecule has 124 valence electrons. The molecule has 2 heterocycles. The minimum atomic E-state index is -0.492. The van der Waals surface area contributed by atoms with Crippen LogP contribution in [0.4, 0.5) is 10.8 Å². The Kier molecular flexibility index (Phi) is 3.53. The van der Waals surface area contributed by atoms with Gasteiger partial charge in [-0.25, -0.2) is 4.98 Å². The number of carbonyl (C=O) groups is 2. The van der Waals surface area contributed by atoms with Crippen LogP contribution in [0.2, 0.25) is 0 Å². The lowest BCUT2D eigenvalue weighted by atomic mass is 10.1. The largest absolute Gasteiger partial charge is 0.479 e. The molecule has 1 fully saturated rings. The number of hydrogen-bond acceptors (Lipinski definition) is 5. The molecule has 2 aromatic rings. The molecule has 0 spiro atoms. The Morgan fingerprint density at radius 1 is 1.42 bits per heavy atom. The number of ether oxygens (including phenoxy) is 1. The lowest BCUT2D eigenvalue weighted by molar-refractivity contribution is -0.122. The molecule has 1 aromatic heterocycles. The van der Waals surface area contributed by atoms with E-state index in [1.165, 1.54) is 11.3 Å². The monoisotopic (exact) mass is 343 g/mol. The minimum absolute atomic E-state index is 0.0513. The van der Waals surface area contributed by atoms with Gasteiger partial charge in [0.2, 0.25) is 5.91 Å². The third-order valence-corrected chi connectivity index (χ3v) is 5.04. The molecule has 4 rings (SSSR count). The van der Waals surface area contributed by atoms with Crippen molar-refractivity contribution in [1.82, 2.24) is 4.98 Å². The number of fused-ring (bicyclic) bond motifs is 1. The highest BCUT2D eigenvalue weighted by molar-refractivity contribution is 7.16. The predicted octanol–water partition coefficient (Wildman–Crippen LogP) is 3.19. The first-order valence-corrected chi connectivity index (χ1v) is 8.73. The maximum absolute atomic E-state index is 11.9. The Hall–Kier alpha value is -2.41. The summed E-state index contributed by atoms with van der Waals surface area (Å²) in [6, 6.07) is 5.60. The summed E-state index contributed by atoms with van der Waals surface area (Å²) in [7, 11) is 0. The van der Waals surface area contributed by atoms with Gasteiger partial charge in [0.1, 0.15) is 5.75 Å². The van der Waals surface area contributed by atoms with Crippen LogP contribution in [0.1, 0.15) is 24.6 Å². The van der Waals surface area contributed by atoms with Crippen LogP contribution in [0.25, 0.3) is 11.3 Å². The van der Waals surface area contributed by atoms with Gasteiger partial charge >= 0.3 is 0 Å². The first-order valence-electron chi connectivity index (χ1n) is 7.91. The van der Waals surface area contributed by atoms with E-state index in [9.17, 15) is 9.59 Å². The van der Waals surface area contributed by atoms with Crippen molar-refractivity contribution in [3.8, 4) is 17.0 Å². The molecule has 1 atom stereocenters. The average Bonchev–Trinajstić information content (AvgIpc) is 3.33. The predicted molar refractivity (Wildman–Crippen MR) is 92.4 cm³/mol. The van der Waals surface area contributed by atoms with Crippen LogP contribution in [0.3, 0.4) is 0 Å². The third-order valence-electron chi connectivity index (χ3n) is 4.16. The highest BCUT2D eigenvalue weighted by atomic mass is 32.1. The van der Waals surface area contributed by atoms with Crippen molar-refractivity contribution in [1.29, 1.82) is 0 Å². The molecule has 2 N–H and O–H groups in total. The fourth-order valence-electron chi connectivity index (χ4n) is 2.63. The van der Waals surface area contributed by atoms with Crippen LogP contribution in [-0.2, 0) is 9.59 Å². The molecule has 7 heteroatoms. The molecule has 2 aliphatic rings. The van der Waals surface area contributed by atoms with Crippen molar-refractivity contribution in [3.05, 3.63) is 23.1 Å². The Labute approximate surface area is 143 Å². The van der Waals surface area contributed by atoms with Crippen LogP contribution in [0, 0.1) is 12.8 Å². The van der Waals surface area contributed by atoms with Crippen molar-refractivity contribution in [2.24, 2.45) is 5.92 Å². The molecule has 0 bridgehead atoms. The molecule has 6 nitrogen and oxygen atoms in total. The second-order valence-electron chi connectivity index (χ2n) is 6.15. The van der Waals surface area contributed by atoms with E-state index in [0.717, 1.165) is 29.0 Å². The van der Waals surface area contributed by atoms with Gasteiger partial charge in [-0.2, -0.15) is 0 Å². The normalized spacial score (nSPS) is 19.2. The number of rotatable bonds is 3. The zero-order valence-electron chi connectivity index (χ0n) is 13.4. The standard InChI is InChI=1S/C17H17N3O3S/c1-8-15(21)18-12-7-11(5-6-13(12)23-8)14-9(2)24-17(19-14)20-16(22)10-3-4-10/h5-8,10H,3-4H2,1-2H3,(H,18,21)(H,19,20,22). The maximum atomic E-state index is 11.9. The van der Waals surface area contributed by atoms with E-state index in [-0.39, 0.29) is 17.7 Å². The number of amides is 2. The molecular formula is C17H17N3O3S. The number of anilines is 2. The summed E-state index contributed by atoms with van der Waals surface area (Å²) in [4.78, 5) is 29.2. The second kappa shape index (κ2) is 5.59. The van der Waals surface area contributed by atoms with Gasteiger partial charge in [-0.1, -0.05) is 0 Å². The van der Waals surface area contributed by atoms with Crippen LogP contribution in [-0.4, -0.2) is 22.9 Å². The average molecular weight is 343 g/mol. The number of thiazole rings is 1. The van der Waals surface area contributed by atoms with Gasteiger partial charge in [-0.15, -0.1) is 11.3 Å². The second-order valence-corrected chi connectivity index (χ2v) is 7.35. The lowest BCUT2D eigenvalue weighted by Gasteiger charge is -2.23. The summed E-state index contributed by atoms with van der Waals surface area (Å²) >= 11 is 1.46. The highest BCUT2D eigenvalue weighted by Gasteiger charge is 2.30. The van der Waals surface area contributed by atoms with Crippen molar-refractivity contribution in [3.63, 3.8) is 0 Å². The summed E-state index contributed by atoms with van der Waals surface area (Å²) in [5, 5.41) is 6.34. The Balaban J connectivity index is 1.62. The molecule has 2 amide bonds. The third kappa shape index (κ3) is 2.75. The molecule has 1 aliphatic carbocycles. The number of hydrogen-bond donors (Lipinski definition) is 2. The van der Waals surface area contributed by atoms with E-state index in [1.54, 1.807) is 6.92 Å². The summed E-state index contributed by atoms with van der Waals surface area (Å²) in [6.07, 6.45) is 1.44. The number of benzene rings is 1. The van der Waals surface area contributed by atoms with Crippen molar-refractivity contribution in [2.75, 3.05) is 10.6 Å². The summed E-state index contributed by atoms with van der Waals surface area (Å²) in [5.74, 6) is 0.694. The van der Waals surface area contributed by atoms with Crippen LogP contribution < -0.4 is 15.4 Å². The Morgan fingerprint density at radius 2 is 2.21 bits per heavy atom. The van der Waals surface area contributed by atoms with Crippen LogP contribution >= 0.6 is 11.3 Å². The smallest absolute Gasteiger partial charge is 0.265 e. The van der Waals surface area contributed by atoms with Gasteiger partial charge in [-0.3, -0.25) is 9.59 Å². The first kappa shape index (κ1) is 15.1. The van der Waals surface area contributed by atoms with Gasteiger partial charge in [0.25, 0.3) is 5.91 Å². The first-order chi connectivity index (χ1) is 11.5. The van der Waals surface area contributed by atoms with Crippen molar-refractivity contribution in [2.45, 2.75) is 32.8 Å². The maximum Gasteiger partial charge on any atom is 0.265 e. The fraction of sp³-hybridized carbons (Fsp3) is 0.353. The molecule has 0 saturated heterocycles. The Bertz CT molecular complexity index is 842. The molecule has 1 unspecified atom stereocenters. The molecule has 1 aromatic carbocycles. The molecular weight excluding hydrogens is 326 g/mol. The van der Waals surface area contributed by atoms with Gasteiger partial charge in [0, 0.05) is 16.4 Å². The topological polar surface area (TPSA) is 80.3 Å². The number of aromatic nitrogens is 1. The van der Waals surface area contributed by atoms with Gasteiger partial charge < -0.3 is 15.4 Å². The lowest BCUT2D eigenvalue weighted by Crippen LogP contribution is -2.34. The van der Waals surface area contributed by atoms with Crippen molar-refractivity contribution < 1.29 is 14.3 Å². The van der Waals surface area contributed by atoms with E-state index < -0.39 is 6.10 Å². The minimum Gasteiger partial charge on any atom is -0.479 e. The van der Waals surface area contributed by atoms with Gasteiger partial charge in [0.15, 0.2) is 11.2 Å². The van der Waals surface area contributed by atoms with Crippen molar-refractivity contribution >= 4 is 34.0 Å². The van der Waals surface area contributed by atoms with Crippen LogP contribution in [0.15, 0.2) is 18.2 Å². The molecule has 0 radical (unpaired) electrons. The van der Waals surface area contributed by atoms with Crippen LogP contribution in [0.5, 0.6) is 5.75 Å². The summed E-state index contributed by atoms with van der Waals surface area (Å²) in [6.45, 7) is 3.68. The SMILES string of the molecule is Cc1sc(NC(=O)C2CC2)nc1-c1ccc2c(c1)NC(=O)C(C)O2. The zero-order chi connectivity index (χ0) is 16.8. The number of nitrogens with zero attached hydrogens (tertiary/aromatic N) is 1. The molecule has 1 aliphatic heterocycles. The summed E-state index contributed by atoms with van der Waals surface area (Å²) < 4.78 is 5.57. The molecule has 1 saturated carbocycles. The highest BCUT2D eigenvalue weighted by Crippen LogP contribution is 2.37.